The summed E-state index contributed by atoms with van der Waals surface area (Å²) in [5.74, 6) is 0.00975. The van der Waals surface area contributed by atoms with Gasteiger partial charge in [-0.25, -0.2) is 4.68 Å². The van der Waals surface area contributed by atoms with Crippen molar-refractivity contribution in [3.8, 4) is 28.3 Å². The van der Waals surface area contributed by atoms with Crippen LogP contribution in [-0.2, 0) is 4.79 Å². The average molecular weight is 367 g/mol. The zero-order valence-corrected chi connectivity index (χ0v) is 14.9. The maximum absolute atomic E-state index is 12.8. The van der Waals surface area contributed by atoms with Crippen molar-refractivity contribution in [2.75, 3.05) is 5.32 Å². The van der Waals surface area contributed by atoms with Crippen LogP contribution in [0.15, 0.2) is 84.9 Å². The molecule has 5 heteroatoms. The number of fused-ring (bicyclic) bond motifs is 1. The highest BCUT2D eigenvalue weighted by Gasteiger charge is 2.34. The highest BCUT2D eigenvalue weighted by Crippen LogP contribution is 2.39. The lowest BCUT2D eigenvalue weighted by atomic mass is 10.1. The zero-order valence-electron chi connectivity index (χ0n) is 14.9. The number of rotatable bonds is 3. The molecule has 0 bridgehead atoms. The van der Waals surface area contributed by atoms with Crippen LogP contribution in [0.2, 0.25) is 0 Å². The summed E-state index contributed by atoms with van der Waals surface area (Å²) >= 11 is 0. The molecule has 28 heavy (non-hydrogen) atoms. The topological polar surface area (TPSA) is 67.2 Å². The fourth-order valence-electron chi connectivity index (χ4n) is 3.67. The molecule has 5 rings (SSSR count). The van der Waals surface area contributed by atoms with E-state index in [-0.39, 0.29) is 11.7 Å². The number of aromatic hydroxyl groups is 1. The third-order valence-corrected chi connectivity index (χ3v) is 4.99. The standard InChI is InChI=1S/C23H17N3O2/c27-21-13-7-5-11-17(21)20-14-19(15-8-2-1-3-9-15)25-26(20)22-16-10-4-6-12-18(16)24-23(22)28/h1-14,22,27H,(H,24,28). The first-order valence-electron chi connectivity index (χ1n) is 9.05. The number of anilines is 1. The Labute approximate surface area is 161 Å². The molecular weight excluding hydrogens is 350 g/mol. The Morgan fingerprint density at radius 2 is 1.61 bits per heavy atom. The summed E-state index contributed by atoms with van der Waals surface area (Å²) in [6, 6.07) is 25.8. The van der Waals surface area contributed by atoms with Crippen molar-refractivity contribution < 1.29 is 9.90 Å². The van der Waals surface area contributed by atoms with Gasteiger partial charge in [-0.05, 0) is 24.3 Å². The van der Waals surface area contributed by atoms with Gasteiger partial charge in [0.25, 0.3) is 5.91 Å². The van der Waals surface area contributed by atoms with Crippen LogP contribution in [0, 0.1) is 0 Å². The second kappa shape index (κ2) is 6.39. The summed E-state index contributed by atoms with van der Waals surface area (Å²) in [6.45, 7) is 0. The van der Waals surface area contributed by atoms with Gasteiger partial charge in [-0.3, -0.25) is 4.79 Å². The molecule has 2 N–H and O–H groups in total. The number of aromatic nitrogens is 2. The van der Waals surface area contributed by atoms with Gasteiger partial charge in [-0.1, -0.05) is 60.7 Å². The Morgan fingerprint density at radius 1 is 0.893 bits per heavy atom. The number of phenols is 1. The number of carbonyl (C=O) groups excluding carboxylic acids is 1. The fourth-order valence-corrected chi connectivity index (χ4v) is 3.67. The summed E-state index contributed by atoms with van der Waals surface area (Å²) in [5.41, 5.74) is 4.67. The summed E-state index contributed by atoms with van der Waals surface area (Å²) < 4.78 is 1.71. The molecule has 4 aromatic rings. The van der Waals surface area contributed by atoms with E-state index < -0.39 is 6.04 Å². The Kier molecular flexibility index (Phi) is 3.72. The molecule has 0 fully saturated rings. The van der Waals surface area contributed by atoms with Crippen molar-refractivity contribution in [2.24, 2.45) is 0 Å². The number of amides is 1. The van der Waals surface area contributed by atoms with Crippen molar-refractivity contribution in [1.82, 2.24) is 9.78 Å². The first kappa shape index (κ1) is 16.3. The maximum atomic E-state index is 12.8. The number of hydrogen-bond acceptors (Lipinski definition) is 3. The molecule has 0 saturated heterocycles. The van der Waals surface area contributed by atoms with E-state index in [9.17, 15) is 9.90 Å². The normalized spacial score (nSPS) is 15.3. The molecule has 3 aromatic carbocycles. The molecule has 1 unspecified atom stereocenters. The highest BCUT2D eigenvalue weighted by molar-refractivity contribution is 6.03. The summed E-state index contributed by atoms with van der Waals surface area (Å²) in [4.78, 5) is 12.8. The Morgan fingerprint density at radius 3 is 2.43 bits per heavy atom. The number of nitrogens with one attached hydrogen (secondary N) is 1. The van der Waals surface area contributed by atoms with Gasteiger partial charge >= 0.3 is 0 Å². The Balaban J connectivity index is 1.74. The minimum absolute atomic E-state index is 0.138. The lowest BCUT2D eigenvalue weighted by Crippen LogP contribution is -2.21. The summed E-state index contributed by atoms with van der Waals surface area (Å²) in [7, 11) is 0. The predicted octanol–water partition coefficient (Wildman–Crippen LogP) is 4.46. The van der Waals surface area contributed by atoms with Gasteiger partial charge in [0.2, 0.25) is 0 Å². The van der Waals surface area contributed by atoms with Gasteiger partial charge in [0.05, 0.1) is 11.4 Å². The van der Waals surface area contributed by atoms with Crippen LogP contribution >= 0.6 is 0 Å². The van der Waals surface area contributed by atoms with Gasteiger partial charge in [-0.15, -0.1) is 0 Å². The van der Waals surface area contributed by atoms with Gasteiger partial charge in [-0.2, -0.15) is 5.10 Å². The molecule has 2 heterocycles. The van der Waals surface area contributed by atoms with Crippen LogP contribution in [0.1, 0.15) is 11.6 Å². The lowest BCUT2D eigenvalue weighted by Gasteiger charge is -2.14. The largest absolute Gasteiger partial charge is 0.507 e. The molecular formula is C23H17N3O2. The second-order valence-corrected chi connectivity index (χ2v) is 6.72. The molecule has 0 aliphatic carbocycles. The molecule has 1 aromatic heterocycles. The maximum Gasteiger partial charge on any atom is 0.253 e. The van der Waals surface area contributed by atoms with E-state index in [1.165, 1.54) is 0 Å². The van der Waals surface area contributed by atoms with E-state index in [1.807, 2.05) is 72.8 Å². The number of benzene rings is 3. The minimum atomic E-state index is -0.594. The van der Waals surface area contributed by atoms with Crippen LogP contribution < -0.4 is 5.32 Å². The Bertz CT molecular complexity index is 1180. The van der Waals surface area contributed by atoms with Crippen LogP contribution in [0.3, 0.4) is 0 Å². The summed E-state index contributed by atoms with van der Waals surface area (Å²) in [5, 5.41) is 18.1. The van der Waals surface area contributed by atoms with Crippen LogP contribution in [-0.4, -0.2) is 20.8 Å². The molecule has 1 aliphatic rings. The first-order chi connectivity index (χ1) is 13.7. The number of nitrogens with zero attached hydrogens (tertiary/aromatic N) is 2. The van der Waals surface area contributed by atoms with E-state index >= 15 is 0 Å². The van der Waals surface area contributed by atoms with E-state index in [2.05, 4.69) is 5.32 Å². The smallest absolute Gasteiger partial charge is 0.253 e. The van der Waals surface area contributed by atoms with Crippen molar-refractivity contribution in [2.45, 2.75) is 6.04 Å². The van der Waals surface area contributed by atoms with Gasteiger partial charge in [0.15, 0.2) is 6.04 Å². The van der Waals surface area contributed by atoms with E-state index in [0.29, 0.717) is 11.3 Å². The van der Waals surface area contributed by atoms with Crippen molar-refractivity contribution in [1.29, 1.82) is 0 Å². The molecule has 136 valence electrons. The van der Waals surface area contributed by atoms with Crippen molar-refractivity contribution in [3.63, 3.8) is 0 Å². The minimum Gasteiger partial charge on any atom is -0.507 e. The number of phenolic OH excluding ortho intramolecular Hbond substituents is 1. The predicted molar refractivity (Wildman–Crippen MR) is 108 cm³/mol. The first-order valence-corrected chi connectivity index (χ1v) is 9.05. The number of hydrogen-bond donors (Lipinski definition) is 2. The average Bonchev–Trinajstić information content (AvgIpc) is 3.29. The van der Waals surface area contributed by atoms with Gasteiger partial charge in [0.1, 0.15) is 5.75 Å². The van der Waals surface area contributed by atoms with E-state index in [4.69, 9.17) is 5.10 Å². The van der Waals surface area contributed by atoms with Crippen LogP contribution in [0.25, 0.3) is 22.5 Å². The third kappa shape index (κ3) is 2.56. The van der Waals surface area contributed by atoms with E-state index in [1.54, 1.807) is 16.8 Å². The molecule has 0 saturated carbocycles. The molecule has 0 radical (unpaired) electrons. The third-order valence-electron chi connectivity index (χ3n) is 4.99. The molecule has 0 spiro atoms. The molecule has 1 aliphatic heterocycles. The number of para-hydroxylation sites is 2. The van der Waals surface area contributed by atoms with Crippen LogP contribution in [0.5, 0.6) is 5.75 Å². The quantitative estimate of drug-likeness (QED) is 0.562. The zero-order chi connectivity index (χ0) is 19.1. The summed E-state index contributed by atoms with van der Waals surface area (Å²) in [6.07, 6.45) is 0. The van der Waals surface area contributed by atoms with E-state index in [0.717, 1.165) is 22.5 Å². The van der Waals surface area contributed by atoms with Gasteiger partial charge < -0.3 is 10.4 Å². The highest BCUT2D eigenvalue weighted by atomic mass is 16.3. The number of carbonyl (C=O) groups is 1. The monoisotopic (exact) mass is 367 g/mol. The van der Waals surface area contributed by atoms with Gasteiger partial charge in [0, 0.05) is 22.4 Å². The Hall–Kier alpha value is -3.86. The van der Waals surface area contributed by atoms with Crippen molar-refractivity contribution >= 4 is 11.6 Å². The molecule has 5 nitrogen and oxygen atoms in total. The fraction of sp³-hybridized carbons (Fsp3) is 0.0435. The van der Waals surface area contributed by atoms with Crippen molar-refractivity contribution in [3.05, 3.63) is 90.5 Å². The lowest BCUT2D eigenvalue weighted by molar-refractivity contribution is -0.117. The molecule has 1 atom stereocenters. The SMILES string of the molecule is O=C1Nc2ccccc2C1n1nc(-c2ccccc2)cc1-c1ccccc1O. The second-order valence-electron chi connectivity index (χ2n) is 6.72. The molecule has 1 amide bonds. The van der Waals surface area contributed by atoms with Crippen LogP contribution in [0.4, 0.5) is 5.69 Å².